The number of nitrogens with zero attached hydrogens (tertiary/aromatic N) is 4. The lowest BCUT2D eigenvalue weighted by Crippen LogP contribution is -2.58. The van der Waals surface area contributed by atoms with Gasteiger partial charge in [0.2, 0.25) is 15.9 Å². The van der Waals surface area contributed by atoms with Gasteiger partial charge in [0.1, 0.15) is 6.04 Å². The molecule has 0 bridgehead atoms. The Hall–Kier alpha value is -4.33. The van der Waals surface area contributed by atoms with Gasteiger partial charge in [-0.15, -0.1) is 0 Å². The first kappa shape index (κ1) is 38.1. The summed E-state index contributed by atoms with van der Waals surface area (Å²) in [6, 6.07) is 16.6. The molecular formula is C35H48N6O6S. The van der Waals surface area contributed by atoms with Crippen molar-refractivity contribution >= 4 is 28.2 Å². The number of nitrogens with one attached hydrogen (secondary N) is 2. The zero-order chi connectivity index (χ0) is 35.3. The number of pyridine rings is 1. The number of oxime groups is 1. The van der Waals surface area contributed by atoms with E-state index in [2.05, 4.69) is 20.8 Å². The van der Waals surface area contributed by atoms with Gasteiger partial charge in [0.15, 0.2) is 0 Å². The van der Waals surface area contributed by atoms with Crippen LogP contribution in [0.25, 0.3) is 0 Å². The Bertz CT molecular complexity index is 1570. The first-order chi connectivity index (χ1) is 22.8. The van der Waals surface area contributed by atoms with E-state index >= 15 is 0 Å². The van der Waals surface area contributed by atoms with E-state index in [-0.39, 0.29) is 36.2 Å². The Kier molecular flexibility index (Phi) is 14.5. The van der Waals surface area contributed by atoms with E-state index in [1.165, 1.54) is 39.7 Å². The average molecular weight is 681 g/mol. The molecule has 3 rings (SSSR count). The number of benzene rings is 2. The Labute approximate surface area is 283 Å². The van der Waals surface area contributed by atoms with E-state index in [0.29, 0.717) is 18.5 Å². The third-order valence-corrected chi connectivity index (χ3v) is 9.88. The van der Waals surface area contributed by atoms with Crippen molar-refractivity contribution in [3.8, 4) is 0 Å². The quantitative estimate of drug-likeness (QED) is 0.0955. The highest BCUT2D eigenvalue weighted by Gasteiger charge is 2.34. The van der Waals surface area contributed by atoms with E-state index < -0.39 is 40.1 Å². The van der Waals surface area contributed by atoms with E-state index in [1.807, 2.05) is 64.1 Å². The SMILES string of the molecule is CC[C@H](C)[C@H](NC(=O)N(C)Cc1cccnc1)C(=O)N[C@@H](Cc1ccccc1)[C@H](O)CN(CC(C)C)S(=O)(=O)c1ccc(C=NO)cc1. The maximum absolute atomic E-state index is 13.9. The van der Waals surface area contributed by atoms with Gasteiger partial charge in [-0.25, -0.2) is 13.2 Å². The molecule has 0 saturated carbocycles. The number of aromatic nitrogens is 1. The van der Waals surface area contributed by atoms with E-state index in [0.717, 1.165) is 11.1 Å². The van der Waals surface area contributed by atoms with Gasteiger partial charge in [-0.2, -0.15) is 4.31 Å². The van der Waals surface area contributed by atoms with Crippen LogP contribution in [0.2, 0.25) is 0 Å². The van der Waals surface area contributed by atoms with Crippen LogP contribution < -0.4 is 10.6 Å². The van der Waals surface area contributed by atoms with E-state index in [9.17, 15) is 23.1 Å². The van der Waals surface area contributed by atoms with Crippen molar-refractivity contribution in [1.29, 1.82) is 0 Å². The van der Waals surface area contributed by atoms with Gasteiger partial charge in [0.25, 0.3) is 0 Å². The van der Waals surface area contributed by atoms with Crippen LogP contribution in [-0.4, -0.2) is 89.4 Å². The summed E-state index contributed by atoms with van der Waals surface area (Å²) < 4.78 is 28.9. The molecule has 3 aromatic rings. The van der Waals surface area contributed by atoms with Crippen molar-refractivity contribution in [2.75, 3.05) is 20.1 Å². The number of urea groups is 1. The molecule has 0 spiro atoms. The molecule has 4 atom stereocenters. The number of carbonyl (C=O) groups excluding carboxylic acids is 2. The minimum Gasteiger partial charge on any atom is -0.411 e. The van der Waals surface area contributed by atoms with Crippen molar-refractivity contribution in [2.45, 2.75) is 70.2 Å². The zero-order valence-electron chi connectivity index (χ0n) is 28.2. The lowest BCUT2D eigenvalue weighted by atomic mass is 9.96. The molecule has 4 N–H and O–H groups in total. The number of hydrogen-bond donors (Lipinski definition) is 4. The largest absolute Gasteiger partial charge is 0.411 e. The van der Waals surface area contributed by atoms with Gasteiger partial charge in [-0.1, -0.05) is 87.8 Å². The van der Waals surface area contributed by atoms with Crippen molar-refractivity contribution in [2.24, 2.45) is 17.0 Å². The summed E-state index contributed by atoms with van der Waals surface area (Å²) in [5, 5.41) is 29.3. The third kappa shape index (κ3) is 11.1. The molecule has 2 aromatic carbocycles. The fraction of sp³-hybridized carbons (Fsp3) is 0.429. The van der Waals surface area contributed by atoms with E-state index in [4.69, 9.17) is 5.21 Å². The minimum absolute atomic E-state index is 0.0176. The predicted octanol–water partition coefficient (Wildman–Crippen LogP) is 3.88. The summed E-state index contributed by atoms with van der Waals surface area (Å²) >= 11 is 0. The number of carbonyl (C=O) groups is 2. The van der Waals surface area contributed by atoms with Crippen molar-refractivity contribution in [3.63, 3.8) is 0 Å². The predicted molar refractivity (Wildman–Crippen MR) is 185 cm³/mol. The number of rotatable bonds is 17. The second-order valence-electron chi connectivity index (χ2n) is 12.4. The highest BCUT2D eigenvalue weighted by Crippen LogP contribution is 2.20. The number of amides is 3. The summed E-state index contributed by atoms with van der Waals surface area (Å²) in [4.78, 5) is 32.7. The summed E-state index contributed by atoms with van der Waals surface area (Å²) in [5.41, 5.74) is 2.19. The molecule has 0 radical (unpaired) electrons. The van der Waals surface area contributed by atoms with Crippen molar-refractivity contribution in [3.05, 3.63) is 95.8 Å². The minimum atomic E-state index is -4.06. The highest BCUT2D eigenvalue weighted by molar-refractivity contribution is 7.89. The van der Waals surface area contributed by atoms with Gasteiger partial charge < -0.3 is 25.8 Å². The van der Waals surface area contributed by atoms with Crippen LogP contribution in [0.15, 0.2) is 89.2 Å². The summed E-state index contributed by atoms with van der Waals surface area (Å²) in [5.74, 6) is -0.789. The Morgan fingerprint density at radius 2 is 1.62 bits per heavy atom. The topological polar surface area (TPSA) is 165 Å². The molecule has 0 unspecified atom stereocenters. The number of hydrogen-bond acceptors (Lipinski definition) is 8. The molecule has 0 aliphatic rings. The number of aliphatic hydroxyl groups excluding tert-OH is 1. The van der Waals surface area contributed by atoms with Crippen molar-refractivity contribution in [1.82, 2.24) is 24.8 Å². The molecule has 13 heteroatoms. The second kappa shape index (κ2) is 18.3. The van der Waals surface area contributed by atoms with Gasteiger partial charge in [0, 0.05) is 39.1 Å². The molecule has 0 fully saturated rings. The Balaban J connectivity index is 1.86. The van der Waals surface area contributed by atoms with E-state index in [1.54, 1.807) is 25.5 Å². The molecule has 3 amide bonds. The maximum atomic E-state index is 13.9. The number of sulfonamides is 1. The van der Waals surface area contributed by atoms with Gasteiger partial charge in [0.05, 0.1) is 23.3 Å². The van der Waals surface area contributed by atoms with Crippen LogP contribution in [0.4, 0.5) is 4.79 Å². The molecular weight excluding hydrogens is 632 g/mol. The van der Waals surface area contributed by atoms with Crippen LogP contribution >= 0.6 is 0 Å². The van der Waals surface area contributed by atoms with Crippen molar-refractivity contribution < 1.29 is 28.3 Å². The van der Waals surface area contributed by atoms with Gasteiger partial charge in [-0.05, 0) is 53.1 Å². The molecule has 1 aromatic heterocycles. The number of aliphatic hydroxyl groups is 1. The Morgan fingerprint density at radius 1 is 0.958 bits per heavy atom. The van der Waals surface area contributed by atoms with Crippen LogP contribution in [0.5, 0.6) is 0 Å². The maximum Gasteiger partial charge on any atom is 0.318 e. The Morgan fingerprint density at radius 3 is 2.21 bits per heavy atom. The first-order valence-electron chi connectivity index (χ1n) is 16.1. The average Bonchev–Trinajstić information content (AvgIpc) is 3.07. The van der Waals surface area contributed by atoms with Crippen LogP contribution in [-0.2, 0) is 27.8 Å². The molecule has 0 aliphatic heterocycles. The highest BCUT2D eigenvalue weighted by atomic mass is 32.2. The van der Waals surface area contributed by atoms with Crippen LogP contribution in [0.1, 0.15) is 50.8 Å². The lowest BCUT2D eigenvalue weighted by molar-refractivity contribution is -0.125. The zero-order valence-corrected chi connectivity index (χ0v) is 29.0. The molecule has 260 valence electrons. The van der Waals surface area contributed by atoms with Crippen LogP contribution in [0, 0.1) is 11.8 Å². The standard InChI is InChI=1S/C35H48N6O6S/c1-6-26(4)33(39-35(44)40(5)23-29-13-10-18-36-20-29)34(43)38-31(19-27-11-8-7-9-12-27)32(42)24-41(22-25(2)3)48(46,47)30-16-14-28(15-17-30)21-37-45/h7-18,20-21,25-26,31-33,42,45H,6,19,22-24H2,1-5H3,(H,38,43)(H,39,44)/t26-,31-,32+,33-/m0/s1. The molecule has 1 heterocycles. The molecule has 48 heavy (non-hydrogen) atoms. The first-order valence-corrected chi connectivity index (χ1v) is 17.5. The monoisotopic (exact) mass is 680 g/mol. The summed E-state index contributed by atoms with van der Waals surface area (Å²) in [6.07, 6.45) is 4.03. The van der Waals surface area contributed by atoms with Gasteiger partial charge in [-0.3, -0.25) is 9.78 Å². The normalized spacial score (nSPS) is 14.4. The smallest absolute Gasteiger partial charge is 0.318 e. The molecule has 0 saturated heterocycles. The van der Waals surface area contributed by atoms with Crippen LogP contribution in [0.3, 0.4) is 0 Å². The lowest BCUT2D eigenvalue weighted by Gasteiger charge is -2.33. The third-order valence-electron chi connectivity index (χ3n) is 8.04. The summed E-state index contributed by atoms with van der Waals surface area (Å²) in [6.45, 7) is 7.68. The molecule has 12 nitrogen and oxygen atoms in total. The fourth-order valence-electron chi connectivity index (χ4n) is 5.16. The van der Waals surface area contributed by atoms with Gasteiger partial charge >= 0.3 is 6.03 Å². The fourth-order valence-corrected chi connectivity index (χ4v) is 6.78. The summed E-state index contributed by atoms with van der Waals surface area (Å²) in [7, 11) is -2.42. The molecule has 0 aliphatic carbocycles. The second-order valence-corrected chi connectivity index (χ2v) is 14.4.